The molecule has 11 heteroatoms. The van der Waals surface area contributed by atoms with Crippen molar-refractivity contribution in [1.82, 2.24) is 19.8 Å². The quantitative estimate of drug-likeness (QED) is 0.556. The van der Waals surface area contributed by atoms with Gasteiger partial charge in [0, 0.05) is 56.6 Å². The number of hydrogen-bond acceptors (Lipinski definition) is 9. The van der Waals surface area contributed by atoms with Crippen molar-refractivity contribution in [3.8, 4) is 5.75 Å². The third kappa shape index (κ3) is 4.54. The first-order valence-electron chi connectivity index (χ1n) is 13.1. The number of nitrogens with two attached hydrogens (primary N) is 1. The van der Waals surface area contributed by atoms with Crippen LogP contribution in [-0.4, -0.2) is 91.2 Å². The fourth-order valence-electron chi connectivity index (χ4n) is 6.74. The molecule has 3 fully saturated rings. The summed E-state index contributed by atoms with van der Waals surface area (Å²) in [4.78, 5) is 28.0. The summed E-state index contributed by atoms with van der Waals surface area (Å²) >= 11 is 0. The molecule has 1 amide bonds. The number of amides is 1. The molecule has 1 saturated heterocycles. The Morgan fingerprint density at radius 3 is 2.76 bits per heavy atom. The Hall–Kier alpha value is -3.18. The van der Waals surface area contributed by atoms with Crippen LogP contribution in [0.2, 0.25) is 0 Å². The number of nitrogens with one attached hydrogen (secondary N) is 2. The molecule has 0 spiro atoms. The van der Waals surface area contributed by atoms with Crippen molar-refractivity contribution in [1.29, 1.82) is 0 Å². The Bertz CT molecular complexity index is 1170. The Morgan fingerprint density at radius 2 is 1.97 bits per heavy atom. The molecule has 37 heavy (non-hydrogen) atoms. The number of rotatable bonds is 2. The zero-order valence-electron chi connectivity index (χ0n) is 21.4. The normalized spacial score (nSPS) is 30.0. The summed E-state index contributed by atoms with van der Waals surface area (Å²) in [6.45, 7) is 5.14. The van der Waals surface area contributed by atoms with Crippen LogP contribution in [0.15, 0.2) is 24.4 Å². The second kappa shape index (κ2) is 9.60. The Balaban J connectivity index is 1.34. The number of anilines is 4. The molecule has 198 valence electrons. The van der Waals surface area contributed by atoms with Crippen LogP contribution in [0, 0.1) is 23.6 Å². The van der Waals surface area contributed by atoms with Crippen molar-refractivity contribution in [2.24, 2.45) is 23.5 Å². The largest absolute Gasteiger partial charge is 0.490 e. The standard InChI is InChI=1S/C26H35FN8O2/c1-33-5-7-35(8-6-33)19-4-3-16-13-21(19)37-10-9-34(2)20-12-15-11-17(20)23(22(15)24(28)36)31-25-18(27)14-29-26(30-16)32-25/h3-4,13-15,17,20,22-23H,5-12H2,1-2H3,(H2,28,36)(H2,29,30,31,32)/t15-,17-,20-,22+,23-/m1/s1. The van der Waals surface area contributed by atoms with Crippen molar-refractivity contribution in [3.63, 3.8) is 0 Å². The second-order valence-electron chi connectivity index (χ2n) is 10.9. The van der Waals surface area contributed by atoms with Gasteiger partial charge in [0.05, 0.1) is 17.8 Å². The van der Waals surface area contributed by atoms with Crippen molar-refractivity contribution in [3.05, 3.63) is 30.2 Å². The summed E-state index contributed by atoms with van der Waals surface area (Å²) in [5, 5.41) is 6.46. The number of carbonyl (C=O) groups excluding carboxylic acids is 1. The first-order chi connectivity index (χ1) is 17.9. The summed E-state index contributed by atoms with van der Waals surface area (Å²) in [5.74, 6) is 0.239. The molecular formula is C26H35FN8O2. The van der Waals surface area contributed by atoms with E-state index in [4.69, 9.17) is 10.5 Å². The van der Waals surface area contributed by atoms with E-state index in [9.17, 15) is 9.18 Å². The average Bonchev–Trinajstić information content (AvgIpc) is 3.45. The van der Waals surface area contributed by atoms with Gasteiger partial charge in [0.25, 0.3) is 0 Å². The van der Waals surface area contributed by atoms with E-state index in [0.29, 0.717) is 6.61 Å². The molecule has 6 rings (SSSR count). The van der Waals surface area contributed by atoms with Crippen LogP contribution in [0.3, 0.4) is 0 Å². The predicted molar refractivity (Wildman–Crippen MR) is 140 cm³/mol. The number of benzene rings is 1. The summed E-state index contributed by atoms with van der Waals surface area (Å²) in [6, 6.07) is 5.96. The van der Waals surface area contributed by atoms with Crippen molar-refractivity contribution in [2.45, 2.75) is 24.9 Å². The van der Waals surface area contributed by atoms with Gasteiger partial charge in [-0.15, -0.1) is 0 Å². The maximum Gasteiger partial charge on any atom is 0.229 e. The van der Waals surface area contributed by atoms with Crippen molar-refractivity contribution < 1.29 is 13.9 Å². The Kier molecular flexibility index (Phi) is 6.28. The van der Waals surface area contributed by atoms with E-state index < -0.39 is 5.82 Å². The first kappa shape index (κ1) is 24.2. The molecule has 5 atom stereocenters. The maximum atomic E-state index is 14.8. The van der Waals surface area contributed by atoms with Gasteiger partial charge in [0.1, 0.15) is 12.4 Å². The molecule has 4 N–H and O–H groups in total. The highest BCUT2D eigenvalue weighted by molar-refractivity contribution is 5.79. The molecular weight excluding hydrogens is 475 g/mol. The zero-order valence-corrected chi connectivity index (χ0v) is 21.4. The molecule has 1 aromatic carbocycles. The van der Waals surface area contributed by atoms with Gasteiger partial charge < -0.3 is 30.9 Å². The zero-order chi connectivity index (χ0) is 25.7. The number of piperazine rings is 1. The highest BCUT2D eigenvalue weighted by Gasteiger charge is 2.56. The smallest absolute Gasteiger partial charge is 0.229 e. The molecule has 1 aromatic heterocycles. The number of fused-ring (bicyclic) bond motifs is 5. The van der Waals surface area contributed by atoms with Gasteiger partial charge in [-0.1, -0.05) is 0 Å². The summed E-state index contributed by atoms with van der Waals surface area (Å²) in [7, 11) is 4.24. The van der Waals surface area contributed by atoms with Gasteiger partial charge in [0.15, 0.2) is 11.6 Å². The van der Waals surface area contributed by atoms with Crippen molar-refractivity contribution in [2.75, 3.05) is 69.0 Å². The van der Waals surface area contributed by atoms with E-state index in [1.165, 1.54) is 0 Å². The summed E-state index contributed by atoms with van der Waals surface area (Å²) in [6.07, 6.45) is 2.93. The molecule has 3 heterocycles. The molecule has 4 aliphatic rings. The minimum absolute atomic E-state index is 0.0862. The van der Waals surface area contributed by atoms with E-state index in [2.05, 4.69) is 55.5 Å². The summed E-state index contributed by atoms with van der Waals surface area (Å²) < 4.78 is 21.2. The van der Waals surface area contributed by atoms with Crippen LogP contribution in [-0.2, 0) is 4.79 Å². The fourth-order valence-corrected chi connectivity index (χ4v) is 6.74. The van der Waals surface area contributed by atoms with Gasteiger partial charge in [-0.2, -0.15) is 4.98 Å². The molecule has 2 aliphatic carbocycles. The number of aromatic nitrogens is 2. The number of halogens is 1. The lowest BCUT2D eigenvalue weighted by Gasteiger charge is -2.39. The lowest BCUT2D eigenvalue weighted by molar-refractivity contribution is -0.123. The summed E-state index contributed by atoms with van der Waals surface area (Å²) in [5.41, 5.74) is 7.64. The minimum atomic E-state index is -0.555. The molecule has 10 nitrogen and oxygen atoms in total. The Morgan fingerprint density at radius 1 is 1.16 bits per heavy atom. The van der Waals surface area contributed by atoms with Crippen molar-refractivity contribution >= 4 is 29.0 Å². The average molecular weight is 511 g/mol. The van der Waals surface area contributed by atoms with Gasteiger partial charge in [0.2, 0.25) is 11.9 Å². The first-order valence-corrected chi connectivity index (χ1v) is 13.1. The molecule has 0 radical (unpaired) electrons. The number of primary amides is 1. The lowest BCUT2D eigenvalue weighted by atomic mass is 9.80. The number of hydrogen-bond donors (Lipinski definition) is 3. The SMILES string of the molecule is CN1CCN(c2ccc3cc2OCCN(C)[C@@H]2C[C@H]4C[C@H]2[C@@H](Nc2nc(ncc2F)N3)[C@H]4C(N)=O)CC1. The minimum Gasteiger partial charge on any atom is -0.490 e. The van der Waals surface area contributed by atoms with Gasteiger partial charge >= 0.3 is 0 Å². The number of ether oxygens (including phenoxy) is 1. The highest BCUT2D eigenvalue weighted by atomic mass is 19.1. The van der Waals surface area contributed by atoms with Crippen LogP contribution in [0.25, 0.3) is 0 Å². The van der Waals surface area contributed by atoms with E-state index in [1.807, 2.05) is 12.1 Å². The van der Waals surface area contributed by atoms with E-state index in [0.717, 1.165) is 68.9 Å². The fraction of sp³-hybridized carbons (Fsp3) is 0.577. The number of nitrogens with zero attached hydrogens (tertiary/aromatic N) is 5. The third-order valence-corrected chi connectivity index (χ3v) is 8.67. The van der Waals surface area contributed by atoms with E-state index in [1.54, 1.807) is 0 Å². The number of carbonyl (C=O) groups is 1. The highest BCUT2D eigenvalue weighted by Crippen LogP contribution is 2.51. The van der Waals surface area contributed by atoms with Crippen LogP contribution in [0.4, 0.5) is 27.5 Å². The van der Waals surface area contributed by atoms with Crippen LogP contribution >= 0.6 is 0 Å². The van der Waals surface area contributed by atoms with Crippen LogP contribution in [0.1, 0.15) is 12.8 Å². The molecule has 2 aliphatic heterocycles. The molecule has 2 saturated carbocycles. The lowest BCUT2D eigenvalue weighted by Crippen LogP contribution is -2.51. The van der Waals surface area contributed by atoms with E-state index in [-0.39, 0.29) is 47.5 Å². The van der Waals surface area contributed by atoms with Crippen LogP contribution in [0.5, 0.6) is 5.75 Å². The number of likely N-dealkylation sites (N-methyl/N-ethyl adjacent to an activating group) is 2. The van der Waals surface area contributed by atoms with Crippen LogP contribution < -0.4 is 26.0 Å². The van der Waals surface area contributed by atoms with Gasteiger partial charge in [-0.3, -0.25) is 9.69 Å². The maximum absolute atomic E-state index is 14.8. The van der Waals surface area contributed by atoms with E-state index >= 15 is 0 Å². The monoisotopic (exact) mass is 510 g/mol. The predicted octanol–water partition coefficient (Wildman–Crippen LogP) is 1.73. The molecule has 6 bridgehead atoms. The molecule has 0 unspecified atom stereocenters. The van der Waals surface area contributed by atoms with Gasteiger partial charge in [-0.05, 0) is 50.9 Å². The third-order valence-electron chi connectivity index (χ3n) is 8.67. The Labute approximate surface area is 216 Å². The van der Waals surface area contributed by atoms with Gasteiger partial charge in [-0.25, -0.2) is 9.37 Å². The second-order valence-corrected chi connectivity index (χ2v) is 10.9. The molecule has 2 aromatic rings. The topological polar surface area (TPSA) is 112 Å².